The summed E-state index contributed by atoms with van der Waals surface area (Å²) < 4.78 is 51.4. The average Bonchev–Trinajstić information content (AvgIpc) is 2.94. The predicted molar refractivity (Wildman–Crippen MR) is 118 cm³/mol. The van der Waals surface area contributed by atoms with Crippen molar-refractivity contribution >= 4 is 17.6 Å². The van der Waals surface area contributed by atoms with Crippen LogP contribution in [0.1, 0.15) is 25.0 Å². The number of aliphatic imine (C=N–C) groups is 1. The van der Waals surface area contributed by atoms with Crippen LogP contribution in [-0.2, 0) is 6.18 Å². The van der Waals surface area contributed by atoms with Crippen molar-refractivity contribution in [1.29, 1.82) is 0 Å². The van der Waals surface area contributed by atoms with E-state index in [4.69, 9.17) is 9.47 Å². The van der Waals surface area contributed by atoms with Gasteiger partial charge in [0.25, 0.3) is 0 Å². The highest BCUT2D eigenvalue weighted by atomic mass is 19.4. The number of methoxy groups -OCH3 is 1. The van der Waals surface area contributed by atoms with Crippen LogP contribution in [0.2, 0.25) is 0 Å². The minimum Gasteiger partial charge on any atom is -0.497 e. The first kappa shape index (κ1) is 22.8. The van der Waals surface area contributed by atoms with Crippen molar-refractivity contribution in [1.82, 2.24) is 15.1 Å². The normalized spacial score (nSPS) is 17.9. The third-order valence-electron chi connectivity index (χ3n) is 5.68. The number of hydrogen-bond acceptors (Lipinski definition) is 5. The number of carbonyl (C=O) groups excluding carboxylic acids is 1. The number of rotatable bonds is 2. The van der Waals surface area contributed by atoms with Gasteiger partial charge in [-0.25, -0.2) is 9.79 Å². The standard InChI is InChI=1S/C23H25F3N4O3/c1-4-27-22(31)30-10-9-29(13-14(30)2)21-17-12-16(32-3)6-8-19(17)33-20-7-5-15(23(24,25)26)11-18(20)28-21/h5-8,11-12,14H,4,9-10,13H2,1-3H3,(H,27,31). The molecule has 2 aromatic rings. The lowest BCUT2D eigenvalue weighted by Crippen LogP contribution is -2.57. The number of amides is 2. The number of benzene rings is 2. The second-order valence-electron chi connectivity index (χ2n) is 7.90. The molecule has 0 aromatic heterocycles. The molecule has 4 rings (SSSR count). The molecule has 2 aliphatic rings. The molecule has 2 amide bonds. The fourth-order valence-electron chi connectivity index (χ4n) is 4.01. The van der Waals surface area contributed by atoms with Crippen molar-refractivity contribution in [3.8, 4) is 17.2 Å². The van der Waals surface area contributed by atoms with Crippen molar-refractivity contribution in [2.45, 2.75) is 26.1 Å². The average molecular weight is 462 g/mol. The maximum Gasteiger partial charge on any atom is 0.416 e. The van der Waals surface area contributed by atoms with E-state index in [2.05, 4.69) is 10.3 Å². The fourth-order valence-corrected chi connectivity index (χ4v) is 4.01. The number of carbonyl (C=O) groups is 1. The van der Waals surface area contributed by atoms with Gasteiger partial charge in [0, 0.05) is 32.2 Å². The summed E-state index contributed by atoms with van der Waals surface area (Å²) in [7, 11) is 1.54. The number of nitrogens with zero attached hydrogens (tertiary/aromatic N) is 3. The van der Waals surface area contributed by atoms with E-state index >= 15 is 0 Å². The summed E-state index contributed by atoms with van der Waals surface area (Å²) >= 11 is 0. The first-order chi connectivity index (χ1) is 15.7. The highest BCUT2D eigenvalue weighted by Gasteiger charge is 2.34. The second-order valence-corrected chi connectivity index (χ2v) is 7.90. The molecule has 7 nitrogen and oxygen atoms in total. The number of amidine groups is 1. The predicted octanol–water partition coefficient (Wildman–Crippen LogP) is 4.63. The van der Waals surface area contributed by atoms with Gasteiger partial charge in [0.05, 0.1) is 18.2 Å². The fraction of sp³-hybridized carbons (Fsp3) is 0.391. The van der Waals surface area contributed by atoms with E-state index in [1.165, 1.54) is 13.2 Å². The Morgan fingerprint density at radius 1 is 1.21 bits per heavy atom. The molecule has 0 radical (unpaired) electrons. The third-order valence-corrected chi connectivity index (χ3v) is 5.68. The van der Waals surface area contributed by atoms with Gasteiger partial charge in [0.2, 0.25) is 0 Å². The van der Waals surface area contributed by atoms with E-state index in [0.29, 0.717) is 49.1 Å². The van der Waals surface area contributed by atoms with Crippen molar-refractivity contribution in [2.75, 3.05) is 33.3 Å². The van der Waals surface area contributed by atoms with E-state index in [1.807, 2.05) is 18.7 Å². The lowest BCUT2D eigenvalue weighted by atomic mass is 10.1. The zero-order valence-corrected chi connectivity index (χ0v) is 18.6. The molecule has 0 aliphatic carbocycles. The number of urea groups is 1. The van der Waals surface area contributed by atoms with E-state index < -0.39 is 11.7 Å². The van der Waals surface area contributed by atoms with Crippen molar-refractivity contribution in [3.63, 3.8) is 0 Å². The molecule has 1 atom stereocenters. The first-order valence-electron chi connectivity index (χ1n) is 10.7. The maximum absolute atomic E-state index is 13.3. The highest BCUT2D eigenvalue weighted by molar-refractivity contribution is 6.04. The lowest BCUT2D eigenvalue weighted by molar-refractivity contribution is -0.137. The first-order valence-corrected chi connectivity index (χ1v) is 10.7. The van der Waals surface area contributed by atoms with Gasteiger partial charge < -0.3 is 24.6 Å². The molecule has 2 aliphatic heterocycles. The number of nitrogens with one attached hydrogen (secondary N) is 1. The van der Waals surface area contributed by atoms with Gasteiger partial charge in [-0.15, -0.1) is 0 Å². The molecular weight excluding hydrogens is 437 g/mol. The monoisotopic (exact) mass is 462 g/mol. The maximum atomic E-state index is 13.3. The van der Waals surface area contributed by atoms with Crippen LogP contribution >= 0.6 is 0 Å². The van der Waals surface area contributed by atoms with Gasteiger partial charge in [0.15, 0.2) is 5.75 Å². The molecule has 33 heavy (non-hydrogen) atoms. The van der Waals surface area contributed by atoms with Crippen LogP contribution in [0.15, 0.2) is 41.4 Å². The number of ether oxygens (including phenoxy) is 2. The Kier molecular flexibility index (Phi) is 6.09. The summed E-state index contributed by atoms with van der Waals surface area (Å²) in [6.07, 6.45) is -4.50. The quantitative estimate of drug-likeness (QED) is 0.707. The Labute approximate surface area is 189 Å². The Hall–Kier alpha value is -3.43. The molecule has 2 aromatic carbocycles. The summed E-state index contributed by atoms with van der Waals surface area (Å²) in [5.74, 6) is 1.75. The van der Waals surface area contributed by atoms with E-state index in [0.717, 1.165) is 12.1 Å². The number of hydrogen-bond donors (Lipinski definition) is 1. The molecule has 1 unspecified atom stereocenters. The number of alkyl halides is 3. The van der Waals surface area contributed by atoms with Crippen LogP contribution in [0, 0.1) is 0 Å². The Balaban J connectivity index is 1.76. The lowest BCUT2D eigenvalue weighted by Gasteiger charge is -2.41. The molecule has 2 heterocycles. The summed E-state index contributed by atoms with van der Waals surface area (Å²) in [5.41, 5.74) is -0.0996. The van der Waals surface area contributed by atoms with Crippen molar-refractivity contribution in [3.05, 3.63) is 47.5 Å². The Morgan fingerprint density at radius 3 is 2.64 bits per heavy atom. The summed E-state index contributed by atoms with van der Waals surface area (Å²) in [6.45, 7) is 5.68. The molecule has 0 saturated carbocycles. The van der Waals surface area contributed by atoms with Crippen LogP contribution in [-0.4, -0.2) is 61.0 Å². The smallest absolute Gasteiger partial charge is 0.416 e. The molecule has 10 heteroatoms. The number of fused-ring (bicyclic) bond motifs is 2. The summed E-state index contributed by atoms with van der Waals surface area (Å²) in [5, 5.41) is 2.81. The molecule has 1 N–H and O–H groups in total. The summed E-state index contributed by atoms with van der Waals surface area (Å²) in [4.78, 5) is 20.7. The van der Waals surface area contributed by atoms with E-state index in [-0.39, 0.29) is 23.5 Å². The zero-order valence-electron chi connectivity index (χ0n) is 18.6. The third kappa shape index (κ3) is 4.55. The minimum absolute atomic E-state index is 0.0915. The van der Waals surface area contributed by atoms with Gasteiger partial charge in [-0.3, -0.25) is 0 Å². The zero-order chi connectivity index (χ0) is 23.8. The van der Waals surface area contributed by atoms with Crippen LogP contribution in [0.4, 0.5) is 23.7 Å². The molecule has 176 valence electrons. The highest BCUT2D eigenvalue weighted by Crippen LogP contribution is 2.42. The van der Waals surface area contributed by atoms with Crippen molar-refractivity contribution in [2.24, 2.45) is 4.99 Å². The van der Waals surface area contributed by atoms with Crippen LogP contribution < -0.4 is 14.8 Å². The van der Waals surface area contributed by atoms with E-state index in [9.17, 15) is 18.0 Å². The largest absolute Gasteiger partial charge is 0.497 e. The summed E-state index contributed by atoms with van der Waals surface area (Å²) in [6, 6.07) is 8.18. The molecule has 0 bridgehead atoms. The van der Waals surface area contributed by atoms with Gasteiger partial charge in [-0.05, 0) is 50.2 Å². The Bertz CT molecular complexity index is 1090. The van der Waals surface area contributed by atoms with Crippen LogP contribution in [0.5, 0.6) is 17.2 Å². The van der Waals surface area contributed by atoms with Gasteiger partial charge in [-0.1, -0.05) is 0 Å². The topological polar surface area (TPSA) is 66.4 Å². The van der Waals surface area contributed by atoms with Gasteiger partial charge in [0.1, 0.15) is 23.0 Å². The SMILES string of the molecule is CCNC(=O)N1CCN(C2=Nc3cc(C(F)(F)F)ccc3Oc3ccc(OC)cc32)CC1C. The number of piperazine rings is 1. The van der Waals surface area contributed by atoms with E-state index in [1.54, 1.807) is 23.1 Å². The molecule has 1 saturated heterocycles. The van der Waals surface area contributed by atoms with Crippen LogP contribution in [0.25, 0.3) is 0 Å². The van der Waals surface area contributed by atoms with Gasteiger partial charge >= 0.3 is 12.2 Å². The molecule has 1 fully saturated rings. The van der Waals surface area contributed by atoms with Gasteiger partial charge in [-0.2, -0.15) is 13.2 Å². The van der Waals surface area contributed by atoms with Crippen molar-refractivity contribution < 1.29 is 27.4 Å². The molecular formula is C23H25F3N4O3. The Morgan fingerprint density at radius 2 is 1.97 bits per heavy atom. The minimum atomic E-state index is -4.50. The molecule has 0 spiro atoms. The number of halogens is 3. The van der Waals surface area contributed by atoms with Crippen LogP contribution in [0.3, 0.4) is 0 Å². The second kappa shape index (κ2) is 8.84.